The molecule has 3 rings (SSSR count). The lowest BCUT2D eigenvalue weighted by molar-refractivity contribution is -0.125. The van der Waals surface area contributed by atoms with Gasteiger partial charge in [0.2, 0.25) is 5.91 Å². The second kappa shape index (κ2) is 9.47. The monoisotopic (exact) mass is 437 g/mol. The SMILES string of the molecule is COc1ccc(S(=O)(=O)CCC(=O)NN2CCN(c3ccc(Cl)cc3)CC2)cc1. The molecule has 1 aliphatic heterocycles. The highest BCUT2D eigenvalue weighted by molar-refractivity contribution is 7.91. The van der Waals surface area contributed by atoms with Crippen molar-refractivity contribution >= 4 is 33.0 Å². The summed E-state index contributed by atoms with van der Waals surface area (Å²) >= 11 is 5.92. The molecular weight excluding hydrogens is 414 g/mol. The average molecular weight is 438 g/mol. The number of methoxy groups -OCH3 is 1. The molecule has 0 aliphatic carbocycles. The molecule has 29 heavy (non-hydrogen) atoms. The van der Waals surface area contributed by atoms with Crippen LogP contribution in [-0.2, 0) is 14.6 Å². The van der Waals surface area contributed by atoms with Gasteiger partial charge in [-0.3, -0.25) is 10.2 Å². The quantitative estimate of drug-likeness (QED) is 0.716. The minimum absolute atomic E-state index is 0.0915. The first-order valence-electron chi connectivity index (χ1n) is 9.29. The maximum atomic E-state index is 12.4. The number of nitrogens with zero attached hydrogens (tertiary/aromatic N) is 2. The second-order valence-corrected chi connectivity index (χ2v) is 9.28. The smallest absolute Gasteiger partial charge is 0.235 e. The van der Waals surface area contributed by atoms with Crippen molar-refractivity contribution in [1.82, 2.24) is 10.4 Å². The summed E-state index contributed by atoms with van der Waals surface area (Å²) in [4.78, 5) is 14.6. The molecule has 0 unspecified atom stereocenters. The van der Waals surface area contributed by atoms with Crippen LogP contribution in [0.3, 0.4) is 0 Å². The van der Waals surface area contributed by atoms with Crippen molar-refractivity contribution in [2.45, 2.75) is 11.3 Å². The fraction of sp³-hybridized carbons (Fsp3) is 0.350. The van der Waals surface area contributed by atoms with Crippen LogP contribution in [0, 0.1) is 0 Å². The van der Waals surface area contributed by atoms with Crippen LogP contribution < -0.4 is 15.1 Å². The maximum absolute atomic E-state index is 12.4. The van der Waals surface area contributed by atoms with Crippen molar-refractivity contribution in [2.24, 2.45) is 0 Å². The molecule has 7 nitrogen and oxygen atoms in total. The van der Waals surface area contributed by atoms with Gasteiger partial charge in [0.1, 0.15) is 5.75 Å². The summed E-state index contributed by atoms with van der Waals surface area (Å²) in [6, 6.07) is 13.8. The van der Waals surface area contributed by atoms with Crippen molar-refractivity contribution in [3.8, 4) is 5.75 Å². The highest BCUT2D eigenvalue weighted by atomic mass is 35.5. The van der Waals surface area contributed by atoms with Crippen LogP contribution in [0.15, 0.2) is 53.4 Å². The third-order valence-electron chi connectivity index (χ3n) is 4.77. The number of amides is 1. The van der Waals surface area contributed by atoms with Crippen LogP contribution in [0.1, 0.15) is 6.42 Å². The average Bonchev–Trinajstić information content (AvgIpc) is 2.74. The van der Waals surface area contributed by atoms with Crippen molar-refractivity contribution in [3.05, 3.63) is 53.6 Å². The van der Waals surface area contributed by atoms with Crippen LogP contribution in [0.4, 0.5) is 5.69 Å². The van der Waals surface area contributed by atoms with Gasteiger partial charge in [0.25, 0.3) is 0 Å². The van der Waals surface area contributed by atoms with E-state index in [1.165, 1.54) is 19.2 Å². The Morgan fingerprint density at radius 1 is 1.03 bits per heavy atom. The number of ether oxygens (including phenoxy) is 1. The number of halogens is 1. The normalized spacial score (nSPS) is 15.2. The van der Waals surface area contributed by atoms with E-state index in [0.29, 0.717) is 23.9 Å². The topological polar surface area (TPSA) is 78.9 Å². The lowest BCUT2D eigenvalue weighted by atomic mass is 10.2. The molecule has 2 aromatic rings. The van der Waals surface area contributed by atoms with Crippen LogP contribution in [-0.4, -0.2) is 58.4 Å². The number of piperazine rings is 1. The molecular formula is C20H24ClN3O4S. The third-order valence-corrected chi connectivity index (χ3v) is 6.75. The first-order valence-corrected chi connectivity index (χ1v) is 11.3. The van der Waals surface area contributed by atoms with Crippen molar-refractivity contribution in [3.63, 3.8) is 0 Å². The van der Waals surface area contributed by atoms with Gasteiger partial charge in [0, 0.05) is 43.3 Å². The first kappa shape index (κ1) is 21.4. The Labute approximate surface area is 176 Å². The Kier molecular flexibility index (Phi) is 7.00. The number of rotatable bonds is 7. The van der Waals surface area contributed by atoms with Gasteiger partial charge < -0.3 is 9.64 Å². The van der Waals surface area contributed by atoms with E-state index in [-0.39, 0.29) is 23.0 Å². The Balaban J connectivity index is 1.45. The number of nitrogens with one attached hydrogen (secondary N) is 1. The Morgan fingerprint density at radius 2 is 1.66 bits per heavy atom. The molecule has 0 radical (unpaired) electrons. The van der Waals surface area contributed by atoms with E-state index in [1.54, 1.807) is 12.1 Å². The summed E-state index contributed by atoms with van der Waals surface area (Å²) in [7, 11) is -2.01. The van der Waals surface area contributed by atoms with Gasteiger partial charge in [-0.05, 0) is 48.5 Å². The van der Waals surface area contributed by atoms with E-state index in [0.717, 1.165) is 18.8 Å². The zero-order valence-corrected chi connectivity index (χ0v) is 17.7. The van der Waals surface area contributed by atoms with E-state index in [4.69, 9.17) is 16.3 Å². The number of carbonyl (C=O) groups is 1. The fourth-order valence-electron chi connectivity index (χ4n) is 3.09. The fourth-order valence-corrected chi connectivity index (χ4v) is 4.46. The van der Waals surface area contributed by atoms with Gasteiger partial charge in [-0.15, -0.1) is 0 Å². The Morgan fingerprint density at radius 3 is 2.24 bits per heavy atom. The molecule has 9 heteroatoms. The molecule has 0 aromatic heterocycles. The number of carbonyl (C=O) groups excluding carboxylic acids is 1. The Hall–Kier alpha value is -2.29. The zero-order chi connectivity index (χ0) is 20.9. The number of hydrogen-bond donors (Lipinski definition) is 1. The number of hydrogen-bond acceptors (Lipinski definition) is 6. The lowest BCUT2D eigenvalue weighted by Crippen LogP contribution is -2.53. The minimum Gasteiger partial charge on any atom is -0.497 e. The van der Waals surface area contributed by atoms with E-state index in [1.807, 2.05) is 29.3 Å². The molecule has 0 bridgehead atoms. The molecule has 1 aliphatic rings. The van der Waals surface area contributed by atoms with E-state index in [9.17, 15) is 13.2 Å². The van der Waals surface area contributed by atoms with Crippen LogP contribution in [0.25, 0.3) is 0 Å². The predicted molar refractivity (Wildman–Crippen MR) is 113 cm³/mol. The summed E-state index contributed by atoms with van der Waals surface area (Å²) in [6.07, 6.45) is -0.0915. The van der Waals surface area contributed by atoms with Crippen LogP contribution in [0.2, 0.25) is 5.02 Å². The van der Waals surface area contributed by atoms with Crippen LogP contribution in [0.5, 0.6) is 5.75 Å². The molecule has 1 N–H and O–H groups in total. The number of anilines is 1. The Bertz CT molecular complexity index is 925. The lowest BCUT2D eigenvalue weighted by Gasteiger charge is -2.36. The van der Waals surface area contributed by atoms with Gasteiger partial charge in [-0.25, -0.2) is 13.4 Å². The molecule has 1 heterocycles. The maximum Gasteiger partial charge on any atom is 0.235 e. The molecule has 0 atom stereocenters. The van der Waals surface area contributed by atoms with Crippen LogP contribution >= 0.6 is 11.6 Å². The van der Waals surface area contributed by atoms with Gasteiger partial charge >= 0.3 is 0 Å². The summed E-state index contributed by atoms with van der Waals surface area (Å²) in [5.41, 5.74) is 3.89. The summed E-state index contributed by atoms with van der Waals surface area (Å²) < 4.78 is 29.8. The molecule has 1 saturated heterocycles. The van der Waals surface area contributed by atoms with Gasteiger partial charge in [-0.2, -0.15) is 0 Å². The van der Waals surface area contributed by atoms with E-state index < -0.39 is 9.84 Å². The number of hydrazine groups is 1. The largest absolute Gasteiger partial charge is 0.497 e. The summed E-state index contributed by atoms with van der Waals surface area (Å²) in [6.45, 7) is 2.82. The second-order valence-electron chi connectivity index (χ2n) is 6.73. The summed E-state index contributed by atoms with van der Waals surface area (Å²) in [5.74, 6) is 0.0390. The van der Waals surface area contributed by atoms with Gasteiger partial charge in [-0.1, -0.05) is 11.6 Å². The number of benzene rings is 2. The zero-order valence-electron chi connectivity index (χ0n) is 16.2. The molecule has 0 saturated carbocycles. The van der Waals surface area contributed by atoms with Gasteiger partial charge in [0.15, 0.2) is 9.84 Å². The van der Waals surface area contributed by atoms with E-state index >= 15 is 0 Å². The van der Waals surface area contributed by atoms with Crippen molar-refractivity contribution in [1.29, 1.82) is 0 Å². The molecule has 1 amide bonds. The standard InChI is InChI=1S/C20H24ClN3O4S/c1-28-18-6-8-19(9-7-18)29(26,27)15-10-20(25)22-24-13-11-23(12-14-24)17-4-2-16(21)3-5-17/h2-9H,10-15H2,1H3,(H,22,25). The first-order chi connectivity index (χ1) is 13.9. The minimum atomic E-state index is -3.52. The van der Waals surface area contributed by atoms with Crippen molar-refractivity contribution in [2.75, 3.05) is 43.9 Å². The summed E-state index contributed by atoms with van der Waals surface area (Å²) in [5, 5.41) is 2.53. The molecule has 156 valence electrons. The predicted octanol–water partition coefficient (Wildman–Crippen LogP) is 2.37. The number of sulfone groups is 1. The van der Waals surface area contributed by atoms with Crippen molar-refractivity contribution < 1.29 is 17.9 Å². The molecule has 1 fully saturated rings. The third kappa shape index (κ3) is 5.85. The highest BCUT2D eigenvalue weighted by Crippen LogP contribution is 2.19. The molecule has 0 spiro atoms. The highest BCUT2D eigenvalue weighted by Gasteiger charge is 2.21. The van der Waals surface area contributed by atoms with E-state index in [2.05, 4.69) is 10.3 Å². The molecule has 2 aromatic carbocycles. The van der Waals surface area contributed by atoms with Gasteiger partial charge in [0.05, 0.1) is 17.8 Å².